The van der Waals surface area contributed by atoms with E-state index in [1.54, 1.807) is 0 Å². The number of aryl methyl sites for hydroxylation is 2. The van der Waals surface area contributed by atoms with E-state index in [4.69, 9.17) is 9.72 Å². The molecule has 0 aliphatic carbocycles. The first kappa shape index (κ1) is 18.8. The van der Waals surface area contributed by atoms with Crippen LogP contribution in [-0.4, -0.2) is 39.4 Å². The summed E-state index contributed by atoms with van der Waals surface area (Å²) >= 11 is 0. The molecule has 1 saturated heterocycles. The molecule has 3 heterocycles. The number of ether oxygens (including phenoxy) is 1. The summed E-state index contributed by atoms with van der Waals surface area (Å²) < 4.78 is 7.98. The topological polar surface area (TPSA) is 43.2 Å². The van der Waals surface area contributed by atoms with Crippen molar-refractivity contribution in [1.29, 1.82) is 0 Å². The number of hydrogen-bond donors (Lipinski definition) is 0. The van der Waals surface area contributed by atoms with Crippen LogP contribution in [0.2, 0.25) is 0 Å². The summed E-state index contributed by atoms with van der Waals surface area (Å²) in [5.74, 6) is 0. The first-order chi connectivity index (χ1) is 13.7. The third-order valence-corrected chi connectivity index (χ3v) is 5.27. The van der Waals surface area contributed by atoms with Crippen molar-refractivity contribution in [2.75, 3.05) is 19.7 Å². The Morgan fingerprint density at radius 2 is 1.86 bits per heavy atom. The van der Waals surface area contributed by atoms with Gasteiger partial charge in [0.1, 0.15) is 6.10 Å². The van der Waals surface area contributed by atoms with Crippen molar-refractivity contribution >= 4 is 0 Å². The smallest absolute Gasteiger partial charge is 0.112 e. The summed E-state index contributed by atoms with van der Waals surface area (Å²) in [5, 5.41) is 4.37. The van der Waals surface area contributed by atoms with Crippen molar-refractivity contribution in [3.8, 4) is 0 Å². The van der Waals surface area contributed by atoms with Crippen molar-refractivity contribution in [3.63, 3.8) is 0 Å². The fraction of sp³-hybridized carbons (Fsp3) is 0.391. The lowest BCUT2D eigenvalue weighted by Gasteiger charge is -2.32. The van der Waals surface area contributed by atoms with Crippen LogP contribution < -0.4 is 0 Å². The standard InChI is InChI=1S/C23H28N4O/c1-3-27-16-21(14-25-27)15-26-10-11-28-23(17-26)22-9-8-20(13-24-22)12-19-6-4-18(2)5-7-19/h4-9,13-14,16,23H,3,10-12,15,17H2,1-2H3/t23-/m0/s1. The molecule has 5 nitrogen and oxygen atoms in total. The third kappa shape index (κ3) is 4.66. The van der Waals surface area contributed by atoms with Gasteiger partial charge in [0.15, 0.2) is 0 Å². The molecule has 1 fully saturated rings. The SMILES string of the molecule is CCn1cc(CN2CCO[C@H](c3ccc(Cc4ccc(C)cc4)cn3)C2)cn1. The van der Waals surface area contributed by atoms with E-state index in [1.165, 1.54) is 22.3 Å². The van der Waals surface area contributed by atoms with Gasteiger partial charge in [-0.25, -0.2) is 0 Å². The number of aromatic nitrogens is 3. The van der Waals surface area contributed by atoms with Crippen molar-refractivity contribution in [2.45, 2.75) is 39.5 Å². The van der Waals surface area contributed by atoms with Gasteiger partial charge in [-0.2, -0.15) is 5.10 Å². The molecule has 1 aromatic carbocycles. The molecule has 1 aliphatic rings. The highest BCUT2D eigenvalue weighted by molar-refractivity contribution is 5.28. The lowest BCUT2D eigenvalue weighted by molar-refractivity contribution is -0.0350. The van der Waals surface area contributed by atoms with E-state index in [2.05, 4.69) is 66.4 Å². The van der Waals surface area contributed by atoms with Gasteiger partial charge in [0.25, 0.3) is 0 Å². The van der Waals surface area contributed by atoms with Crippen LogP contribution in [0.1, 0.15) is 41.0 Å². The molecule has 1 aliphatic heterocycles. The van der Waals surface area contributed by atoms with E-state index in [0.717, 1.165) is 44.9 Å². The molecule has 0 saturated carbocycles. The molecule has 0 radical (unpaired) electrons. The Morgan fingerprint density at radius 1 is 1.04 bits per heavy atom. The first-order valence-corrected chi connectivity index (χ1v) is 10.1. The van der Waals surface area contributed by atoms with Crippen molar-refractivity contribution in [1.82, 2.24) is 19.7 Å². The van der Waals surface area contributed by atoms with Gasteiger partial charge in [-0.3, -0.25) is 14.6 Å². The zero-order valence-electron chi connectivity index (χ0n) is 16.7. The van der Waals surface area contributed by atoms with Crippen molar-refractivity contribution < 1.29 is 4.74 Å². The van der Waals surface area contributed by atoms with E-state index in [1.807, 2.05) is 17.1 Å². The molecule has 0 spiro atoms. The lowest BCUT2D eigenvalue weighted by atomic mass is 10.0. The molecule has 0 N–H and O–H groups in total. The second kappa shape index (κ2) is 8.67. The Balaban J connectivity index is 1.37. The Kier molecular flexibility index (Phi) is 5.84. The van der Waals surface area contributed by atoms with Crippen LogP contribution in [-0.2, 0) is 24.2 Å². The van der Waals surface area contributed by atoms with E-state index in [0.29, 0.717) is 0 Å². The first-order valence-electron chi connectivity index (χ1n) is 10.1. The molecular weight excluding hydrogens is 348 g/mol. The molecule has 0 bridgehead atoms. The van der Waals surface area contributed by atoms with E-state index in [9.17, 15) is 0 Å². The van der Waals surface area contributed by atoms with Crippen LogP contribution in [0.4, 0.5) is 0 Å². The summed E-state index contributed by atoms with van der Waals surface area (Å²) in [6.07, 6.45) is 7.02. The Bertz CT molecular complexity index is 886. The Morgan fingerprint density at radius 3 is 2.57 bits per heavy atom. The van der Waals surface area contributed by atoms with E-state index >= 15 is 0 Å². The van der Waals surface area contributed by atoms with Gasteiger partial charge in [-0.05, 0) is 37.5 Å². The highest BCUT2D eigenvalue weighted by Gasteiger charge is 2.23. The van der Waals surface area contributed by atoms with Gasteiger partial charge in [0.2, 0.25) is 0 Å². The fourth-order valence-corrected chi connectivity index (χ4v) is 3.62. The maximum atomic E-state index is 6.00. The van der Waals surface area contributed by atoms with Gasteiger partial charge in [-0.1, -0.05) is 35.9 Å². The maximum Gasteiger partial charge on any atom is 0.112 e. The van der Waals surface area contributed by atoms with Gasteiger partial charge < -0.3 is 4.74 Å². The van der Waals surface area contributed by atoms with Crippen LogP contribution in [0.25, 0.3) is 0 Å². The summed E-state index contributed by atoms with van der Waals surface area (Å²) in [6, 6.07) is 13.0. The van der Waals surface area contributed by atoms with E-state index in [-0.39, 0.29) is 6.10 Å². The highest BCUT2D eigenvalue weighted by Crippen LogP contribution is 2.22. The highest BCUT2D eigenvalue weighted by atomic mass is 16.5. The zero-order chi connectivity index (χ0) is 19.3. The van der Waals surface area contributed by atoms with Crippen molar-refractivity contribution in [3.05, 3.63) is 82.9 Å². The van der Waals surface area contributed by atoms with Gasteiger partial charge in [0.05, 0.1) is 18.5 Å². The van der Waals surface area contributed by atoms with Gasteiger partial charge >= 0.3 is 0 Å². The number of morpholine rings is 1. The number of benzene rings is 1. The predicted octanol–water partition coefficient (Wildman–Crippen LogP) is 3.77. The number of nitrogens with zero attached hydrogens (tertiary/aromatic N) is 4. The van der Waals surface area contributed by atoms with Gasteiger partial charge in [0, 0.05) is 44.1 Å². The zero-order valence-corrected chi connectivity index (χ0v) is 16.7. The number of rotatable bonds is 6. The fourth-order valence-electron chi connectivity index (χ4n) is 3.62. The Hall–Kier alpha value is -2.50. The molecule has 2 aromatic heterocycles. The predicted molar refractivity (Wildman–Crippen MR) is 110 cm³/mol. The minimum absolute atomic E-state index is 0.0309. The van der Waals surface area contributed by atoms with E-state index < -0.39 is 0 Å². The van der Waals surface area contributed by atoms with Crippen molar-refractivity contribution in [2.24, 2.45) is 0 Å². The van der Waals surface area contributed by atoms with Gasteiger partial charge in [-0.15, -0.1) is 0 Å². The summed E-state index contributed by atoms with van der Waals surface area (Å²) in [7, 11) is 0. The van der Waals surface area contributed by atoms with Crippen LogP contribution in [0.5, 0.6) is 0 Å². The lowest BCUT2D eigenvalue weighted by Crippen LogP contribution is -2.38. The molecule has 3 aromatic rings. The van der Waals surface area contributed by atoms with Crippen LogP contribution in [0.3, 0.4) is 0 Å². The van der Waals surface area contributed by atoms with Crippen LogP contribution >= 0.6 is 0 Å². The number of hydrogen-bond acceptors (Lipinski definition) is 4. The van der Waals surface area contributed by atoms with Crippen LogP contribution in [0.15, 0.2) is 55.0 Å². The molecule has 0 unspecified atom stereocenters. The maximum absolute atomic E-state index is 6.00. The normalized spacial score (nSPS) is 17.7. The van der Waals surface area contributed by atoms with Crippen LogP contribution in [0, 0.1) is 6.92 Å². The minimum Gasteiger partial charge on any atom is -0.369 e. The molecule has 146 valence electrons. The third-order valence-electron chi connectivity index (χ3n) is 5.27. The second-order valence-corrected chi connectivity index (χ2v) is 7.55. The molecule has 0 amide bonds. The average Bonchev–Trinajstić information content (AvgIpc) is 3.18. The second-order valence-electron chi connectivity index (χ2n) is 7.55. The molecule has 1 atom stereocenters. The summed E-state index contributed by atoms with van der Waals surface area (Å²) in [5.41, 5.74) is 6.10. The average molecular weight is 377 g/mol. The quantitative estimate of drug-likeness (QED) is 0.657. The molecule has 5 heteroatoms. The molecule has 28 heavy (non-hydrogen) atoms. The number of pyridine rings is 1. The monoisotopic (exact) mass is 376 g/mol. The molecular formula is C23H28N4O. The molecule has 4 rings (SSSR count). The summed E-state index contributed by atoms with van der Waals surface area (Å²) in [4.78, 5) is 7.13. The minimum atomic E-state index is 0.0309. The summed E-state index contributed by atoms with van der Waals surface area (Å²) in [6.45, 7) is 8.58. The Labute approximate surface area is 167 Å². The largest absolute Gasteiger partial charge is 0.369 e.